The van der Waals surface area contributed by atoms with Gasteiger partial charge < -0.3 is 10.3 Å². The molecule has 2 aromatic heterocycles. The van der Waals surface area contributed by atoms with Crippen LogP contribution in [0.2, 0.25) is 0 Å². The van der Waals surface area contributed by atoms with Gasteiger partial charge in [0.1, 0.15) is 12.2 Å². The molecule has 0 fully saturated rings. The summed E-state index contributed by atoms with van der Waals surface area (Å²) in [5.74, 6) is 0.853. The molecule has 0 aliphatic rings. The Morgan fingerprint density at radius 1 is 1.18 bits per heavy atom. The summed E-state index contributed by atoms with van der Waals surface area (Å²) in [5, 5.41) is 11.2. The molecule has 0 bridgehead atoms. The van der Waals surface area contributed by atoms with Crippen molar-refractivity contribution in [2.24, 2.45) is 0 Å². The van der Waals surface area contributed by atoms with Crippen LogP contribution >= 0.6 is 0 Å². The summed E-state index contributed by atoms with van der Waals surface area (Å²) in [6.07, 6.45) is 3.48. The largest absolute Gasteiger partial charge is 0.361 e. The van der Waals surface area contributed by atoms with Crippen molar-refractivity contribution in [3.63, 3.8) is 0 Å². The monoisotopic (exact) mass is 227 g/mol. The number of rotatable bonds is 4. The van der Waals surface area contributed by atoms with E-state index in [0.29, 0.717) is 6.54 Å². The molecule has 0 amide bonds. The van der Waals surface area contributed by atoms with Gasteiger partial charge in [0.15, 0.2) is 0 Å². The number of hydrogen-bond donors (Lipinski definition) is 3. The molecule has 0 spiro atoms. The lowest BCUT2D eigenvalue weighted by molar-refractivity contribution is 0.667. The van der Waals surface area contributed by atoms with E-state index in [2.05, 4.69) is 49.7 Å². The van der Waals surface area contributed by atoms with E-state index < -0.39 is 0 Å². The minimum Gasteiger partial charge on any atom is -0.361 e. The van der Waals surface area contributed by atoms with Crippen LogP contribution in [0, 0.1) is 0 Å². The smallest absolute Gasteiger partial charge is 0.138 e. The number of nitrogens with one attached hydrogen (secondary N) is 3. The topological polar surface area (TPSA) is 69.4 Å². The maximum Gasteiger partial charge on any atom is 0.138 e. The zero-order valence-corrected chi connectivity index (χ0v) is 9.27. The van der Waals surface area contributed by atoms with Crippen molar-refractivity contribution in [3.05, 3.63) is 48.2 Å². The van der Waals surface area contributed by atoms with Crippen molar-refractivity contribution in [3.8, 4) is 0 Å². The minimum absolute atomic E-state index is 0.695. The fourth-order valence-corrected chi connectivity index (χ4v) is 1.94. The zero-order valence-electron chi connectivity index (χ0n) is 9.27. The predicted molar refractivity (Wildman–Crippen MR) is 65.2 cm³/mol. The summed E-state index contributed by atoms with van der Waals surface area (Å²) in [5.41, 5.74) is 2.45. The summed E-state index contributed by atoms with van der Waals surface area (Å²) in [6, 6.07) is 8.37. The molecule has 0 saturated carbocycles. The van der Waals surface area contributed by atoms with Gasteiger partial charge in [-0.05, 0) is 17.7 Å². The van der Waals surface area contributed by atoms with Crippen LogP contribution in [0.1, 0.15) is 11.4 Å². The maximum absolute atomic E-state index is 4.06. The molecule has 0 saturated heterocycles. The molecule has 3 rings (SSSR count). The number of fused-ring (bicyclic) bond motifs is 1. The summed E-state index contributed by atoms with van der Waals surface area (Å²) in [4.78, 5) is 7.27. The lowest BCUT2D eigenvalue weighted by Gasteiger charge is -2.04. The van der Waals surface area contributed by atoms with Gasteiger partial charge in [-0.1, -0.05) is 12.1 Å². The molecule has 86 valence electrons. The third kappa shape index (κ3) is 2.05. The number of aromatic nitrogens is 4. The van der Waals surface area contributed by atoms with E-state index in [9.17, 15) is 0 Å². The highest BCUT2D eigenvalue weighted by atomic mass is 15.2. The van der Waals surface area contributed by atoms with E-state index in [4.69, 9.17) is 0 Å². The van der Waals surface area contributed by atoms with Gasteiger partial charge in [0.2, 0.25) is 0 Å². The molecule has 0 aliphatic heterocycles. The molecule has 3 aromatic rings. The highest BCUT2D eigenvalue weighted by molar-refractivity contribution is 5.82. The molecule has 0 atom stereocenters. The number of hydrogen-bond acceptors (Lipinski definition) is 3. The molecule has 1 aromatic carbocycles. The SMILES string of the molecule is c1cc(CNCc2ncn[nH]2)c2cc[nH]c2c1. The number of nitrogens with zero attached hydrogens (tertiary/aromatic N) is 2. The maximum atomic E-state index is 4.06. The van der Waals surface area contributed by atoms with E-state index in [1.54, 1.807) is 0 Å². The van der Waals surface area contributed by atoms with Crippen LogP contribution in [0.25, 0.3) is 10.9 Å². The molecule has 0 radical (unpaired) electrons. The van der Waals surface area contributed by atoms with Gasteiger partial charge >= 0.3 is 0 Å². The standard InChI is InChI=1S/C12H13N5/c1-2-9(10-4-5-14-11(10)3-1)6-13-7-12-15-8-16-17-12/h1-5,8,13-14H,6-7H2,(H,15,16,17). The van der Waals surface area contributed by atoms with Crippen molar-refractivity contribution in [2.45, 2.75) is 13.1 Å². The van der Waals surface area contributed by atoms with E-state index >= 15 is 0 Å². The second-order valence-electron chi connectivity index (χ2n) is 3.89. The fourth-order valence-electron chi connectivity index (χ4n) is 1.94. The van der Waals surface area contributed by atoms with Crippen LogP contribution in [0.5, 0.6) is 0 Å². The fraction of sp³-hybridized carbons (Fsp3) is 0.167. The Hall–Kier alpha value is -2.14. The average Bonchev–Trinajstić information content (AvgIpc) is 2.99. The van der Waals surface area contributed by atoms with Crippen LogP contribution in [0.3, 0.4) is 0 Å². The molecule has 3 N–H and O–H groups in total. The van der Waals surface area contributed by atoms with Gasteiger partial charge in [-0.15, -0.1) is 0 Å². The van der Waals surface area contributed by atoms with Crippen LogP contribution in [-0.2, 0) is 13.1 Å². The zero-order chi connectivity index (χ0) is 11.5. The Morgan fingerprint density at radius 3 is 3.06 bits per heavy atom. The molecular formula is C12H13N5. The summed E-state index contributed by atoms with van der Waals surface area (Å²) in [7, 11) is 0. The summed E-state index contributed by atoms with van der Waals surface area (Å²) >= 11 is 0. The van der Waals surface area contributed by atoms with Crippen LogP contribution in [0.15, 0.2) is 36.8 Å². The van der Waals surface area contributed by atoms with E-state index in [1.165, 1.54) is 22.8 Å². The Labute approximate surface area is 98.3 Å². The van der Waals surface area contributed by atoms with Gasteiger partial charge in [0.25, 0.3) is 0 Å². The van der Waals surface area contributed by atoms with Gasteiger partial charge in [-0.2, -0.15) is 5.10 Å². The first kappa shape index (κ1) is 10.0. The van der Waals surface area contributed by atoms with Gasteiger partial charge in [0, 0.05) is 23.6 Å². The average molecular weight is 227 g/mol. The van der Waals surface area contributed by atoms with Gasteiger partial charge in [-0.3, -0.25) is 5.10 Å². The normalized spacial score (nSPS) is 11.1. The van der Waals surface area contributed by atoms with Crippen molar-refractivity contribution in [1.29, 1.82) is 0 Å². The Kier molecular flexibility index (Phi) is 2.59. The minimum atomic E-state index is 0.695. The van der Waals surface area contributed by atoms with Crippen LogP contribution < -0.4 is 5.32 Å². The molecule has 5 nitrogen and oxygen atoms in total. The number of aromatic amines is 2. The third-order valence-corrected chi connectivity index (χ3v) is 2.76. The second-order valence-corrected chi connectivity index (χ2v) is 3.89. The predicted octanol–water partition coefficient (Wildman–Crippen LogP) is 1.58. The highest BCUT2D eigenvalue weighted by Gasteiger charge is 2.01. The van der Waals surface area contributed by atoms with Crippen molar-refractivity contribution < 1.29 is 0 Å². The van der Waals surface area contributed by atoms with E-state index in [1.807, 2.05) is 6.20 Å². The number of H-pyrrole nitrogens is 2. The lowest BCUT2D eigenvalue weighted by Crippen LogP contribution is -2.13. The third-order valence-electron chi connectivity index (χ3n) is 2.76. The van der Waals surface area contributed by atoms with Crippen LogP contribution in [-0.4, -0.2) is 20.2 Å². The van der Waals surface area contributed by atoms with E-state index in [0.717, 1.165) is 12.4 Å². The summed E-state index contributed by atoms with van der Waals surface area (Å²) < 4.78 is 0. The quantitative estimate of drug-likeness (QED) is 0.633. The summed E-state index contributed by atoms with van der Waals surface area (Å²) in [6.45, 7) is 1.51. The van der Waals surface area contributed by atoms with E-state index in [-0.39, 0.29) is 0 Å². The molecule has 17 heavy (non-hydrogen) atoms. The Bertz CT molecular complexity index is 596. The van der Waals surface area contributed by atoms with Gasteiger partial charge in [-0.25, -0.2) is 4.98 Å². The lowest BCUT2D eigenvalue weighted by atomic mass is 10.1. The first-order valence-electron chi connectivity index (χ1n) is 5.53. The van der Waals surface area contributed by atoms with Gasteiger partial charge in [0.05, 0.1) is 6.54 Å². The first-order valence-corrected chi connectivity index (χ1v) is 5.53. The Balaban J connectivity index is 1.70. The molecular weight excluding hydrogens is 214 g/mol. The molecule has 2 heterocycles. The molecule has 5 heteroatoms. The highest BCUT2D eigenvalue weighted by Crippen LogP contribution is 2.16. The number of benzene rings is 1. The van der Waals surface area contributed by atoms with Crippen molar-refractivity contribution >= 4 is 10.9 Å². The second kappa shape index (κ2) is 4.39. The van der Waals surface area contributed by atoms with Crippen molar-refractivity contribution in [1.82, 2.24) is 25.5 Å². The molecule has 0 aliphatic carbocycles. The first-order chi connectivity index (χ1) is 8.43. The molecule has 0 unspecified atom stereocenters. The van der Waals surface area contributed by atoms with Crippen LogP contribution in [0.4, 0.5) is 0 Å². The Morgan fingerprint density at radius 2 is 2.18 bits per heavy atom. The van der Waals surface area contributed by atoms with Crippen molar-refractivity contribution in [2.75, 3.05) is 0 Å².